The van der Waals surface area contributed by atoms with E-state index in [1.165, 1.54) is 11.1 Å². The summed E-state index contributed by atoms with van der Waals surface area (Å²) in [6, 6.07) is 19.0. The molecule has 0 aliphatic heterocycles. The summed E-state index contributed by atoms with van der Waals surface area (Å²) >= 11 is 0. The van der Waals surface area contributed by atoms with Crippen LogP contribution in [0.1, 0.15) is 18.9 Å². The maximum atomic E-state index is 4.33. The molecule has 0 atom stereocenters. The van der Waals surface area contributed by atoms with Crippen LogP contribution in [-0.2, 0) is 0 Å². The van der Waals surface area contributed by atoms with Crippen molar-refractivity contribution in [3.05, 3.63) is 72.3 Å². The SMILES string of the molecule is CC/C=C\C(=NC)c1ccc(-c2ccccc2)cc1. The largest absolute Gasteiger partial charge is 0.288 e. The fraction of sp³-hybridized carbons (Fsp3) is 0.167. The molecular weight excluding hydrogens is 230 g/mol. The van der Waals surface area contributed by atoms with Crippen LogP contribution < -0.4 is 0 Å². The molecule has 0 aromatic heterocycles. The van der Waals surface area contributed by atoms with Crippen molar-refractivity contribution in [1.82, 2.24) is 0 Å². The van der Waals surface area contributed by atoms with Gasteiger partial charge in [-0.05, 0) is 29.2 Å². The Morgan fingerprint density at radius 2 is 1.58 bits per heavy atom. The van der Waals surface area contributed by atoms with Crippen molar-refractivity contribution in [1.29, 1.82) is 0 Å². The van der Waals surface area contributed by atoms with Crippen molar-refractivity contribution in [3.8, 4) is 11.1 Å². The van der Waals surface area contributed by atoms with Crippen molar-refractivity contribution >= 4 is 5.71 Å². The van der Waals surface area contributed by atoms with E-state index in [1.807, 2.05) is 13.1 Å². The summed E-state index contributed by atoms with van der Waals surface area (Å²) in [6.45, 7) is 2.13. The van der Waals surface area contributed by atoms with Crippen LogP contribution in [0.4, 0.5) is 0 Å². The second-order valence-electron chi connectivity index (χ2n) is 4.36. The molecule has 19 heavy (non-hydrogen) atoms. The molecule has 1 nitrogen and oxygen atoms in total. The first kappa shape index (κ1) is 13.3. The zero-order valence-corrected chi connectivity index (χ0v) is 11.5. The summed E-state index contributed by atoms with van der Waals surface area (Å²) in [5, 5.41) is 0. The first-order valence-electron chi connectivity index (χ1n) is 6.64. The number of hydrogen-bond donors (Lipinski definition) is 0. The zero-order valence-electron chi connectivity index (χ0n) is 11.5. The Balaban J connectivity index is 2.26. The van der Waals surface area contributed by atoms with Gasteiger partial charge in [0.2, 0.25) is 0 Å². The highest BCUT2D eigenvalue weighted by atomic mass is 14.7. The van der Waals surface area contributed by atoms with Gasteiger partial charge in [-0.15, -0.1) is 0 Å². The van der Waals surface area contributed by atoms with Crippen LogP contribution >= 0.6 is 0 Å². The molecule has 0 spiro atoms. The van der Waals surface area contributed by atoms with Crippen molar-refractivity contribution in [2.75, 3.05) is 7.05 Å². The number of hydrogen-bond acceptors (Lipinski definition) is 1. The Kier molecular flexibility index (Phi) is 4.68. The standard InChI is InChI=1S/C18H19N/c1-3-4-10-18(19-2)17-13-11-16(12-14-17)15-8-6-5-7-9-15/h4-14H,3H2,1-2H3/b10-4-,19-18?. The molecule has 0 saturated carbocycles. The molecule has 0 amide bonds. The summed E-state index contributed by atoms with van der Waals surface area (Å²) < 4.78 is 0. The predicted molar refractivity (Wildman–Crippen MR) is 83.8 cm³/mol. The maximum Gasteiger partial charge on any atom is 0.0639 e. The molecule has 0 heterocycles. The first-order valence-corrected chi connectivity index (χ1v) is 6.64. The van der Waals surface area contributed by atoms with Gasteiger partial charge >= 0.3 is 0 Å². The second-order valence-corrected chi connectivity index (χ2v) is 4.36. The third-order valence-corrected chi connectivity index (χ3v) is 3.04. The minimum Gasteiger partial charge on any atom is -0.288 e. The lowest BCUT2D eigenvalue weighted by Gasteiger charge is -2.04. The van der Waals surface area contributed by atoms with Gasteiger partial charge in [-0.2, -0.15) is 0 Å². The molecule has 1 heteroatoms. The lowest BCUT2D eigenvalue weighted by molar-refractivity contribution is 1.23. The van der Waals surface area contributed by atoms with E-state index in [-0.39, 0.29) is 0 Å². The molecular formula is C18H19N. The van der Waals surface area contributed by atoms with Gasteiger partial charge in [0.1, 0.15) is 0 Å². The predicted octanol–water partition coefficient (Wildman–Crippen LogP) is 4.74. The van der Waals surface area contributed by atoms with Gasteiger partial charge in [-0.3, -0.25) is 4.99 Å². The van der Waals surface area contributed by atoms with Crippen LogP contribution in [0, 0.1) is 0 Å². The van der Waals surface area contributed by atoms with E-state index in [2.05, 4.69) is 72.6 Å². The molecule has 0 bridgehead atoms. The summed E-state index contributed by atoms with van der Waals surface area (Å²) in [5.74, 6) is 0. The Morgan fingerprint density at radius 3 is 2.16 bits per heavy atom. The van der Waals surface area contributed by atoms with E-state index in [9.17, 15) is 0 Å². The van der Waals surface area contributed by atoms with E-state index < -0.39 is 0 Å². The molecule has 0 aliphatic rings. The molecule has 0 N–H and O–H groups in total. The molecule has 0 fully saturated rings. The maximum absolute atomic E-state index is 4.33. The highest BCUT2D eigenvalue weighted by molar-refractivity contribution is 6.08. The van der Waals surface area contributed by atoms with Gasteiger partial charge in [0, 0.05) is 7.05 Å². The smallest absolute Gasteiger partial charge is 0.0639 e. The minimum atomic E-state index is 1.03. The van der Waals surface area contributed by atoms with Gasteiger partial charge < -0.3 is 0 Å². The van der Waals surface area contributed by atoms with Crippen LogP contribution in [0.15, 0.2) is 71.7 Å². The quantitative estimate of drug-likeness (QED) is 0.694. The van der Waals surface area contributed by atoms with Crippen molar-refractivity contribution in [2.45, 2.75) is 13.3 Å². The van der Waals surface area contributed by atoms with Gasteiger partial charge in [-0.25, -0.2) is 0 Å². The van der Waals surface area contributed by atoms with Crippen LogP contribution in [-0.4, -0.2) is 12.8 Å². The van der Waals surface area contributed by atoms with Gasteiger partial charge in [-0.1, -0.05) is 67.6 Å². The highest BCUT2D eigenvalue weighted by Crippen LogP contribution is 2.19. The molecule has 2 rings (SSSR count). The van der Waals surface area contributed by atoms with Crippen LogP contribution in [0.5, 0.6) is 0 Å². The number of nitrogens with zero attached hydrogens (tertiary/aromatic N) is 1. The fourth-order valence-electron chi connectivity index (χ4n) is 1.99. The van der Waals surface area contributed by atoms with Crippen molar-refractivity contribution in [3.63, 3.8) is 0 Å². The van der Waals surface area contributed by atoms with Gasteiger partial charge in [0.05, 0.1) is 5.71 Å². The van der Waals surface area contributed by atoms with Crippen LogP contribution in [0.3, 0.4) is 0 Å². The normalized spacial score (nSPS) is 12.0. The first-order chi connectivity index (χ1) is 9.35. The number of benzene rings is 2. The van der Waals surface area contributed by atoms with E-state index in [1.54, 1.807) is 0 Å². The Bertz CT molecular complexity index is 562. The molecule has 0 unspecified atom stereocenters. The highest BCUT2D eigenvalue weighted by Gasteiger charge is 2.00. The average molecular weight is 249 g/mol. The summed E-state index contributed by atoms with van der Waals surface area (Å²) in [4.78, 5) is 4.33. The van der Waals surface area contributed by atoms with Gasteiger partial charge in [0.15, 0.2) is 0 Å². The lowest BCUT2D eigenvalue weighted by atomic mass is 10.0. The Labute approximate surface area is 115 Å². The molecule has 2 aromatic rings. The number of aliphatic imine (C=N–C) groups is 1. The third-order valence-electron chi connectivity index (χ3n) is 3.04. The van der Waals surface area contributed by atoms with Gasteiger partial charge in [0.25, 0.3) is 0 Å². The number of allylic oxidation sites excluding steroid dienone is 2. The summed E-state index contributed by atoms with van der Waals surface area (Å²) in [6.07, 6.45) is 5.24. The van der Waals surface area contributed by atoms with E-state index >= 15 is 0 Å². The Morgan fingerprint density at radius 1 is 0.947 bits per heavy atom. The Hall–Kier alpha value is -2.15. The average Bonchev–Trinajstić information content (AvgIpc) is 2.49. The lowest BCUT2D eigenvalue weighted by Crippen LogP contribution is -1.96. The topological polar surface area (TPSA) is 12.4 Å². The third kappa shape index (κ3) is 3.41. The molecule has 2 aromatic carbocycles. The molecule has 0 radical (unpaired) electrons. The monoisotopic (exact) mass is 249 g/mol. The molecule has 0 saturated heterocycles. The summed E-state index contributed by atoms with van der Waals surface area (Å²) in [7, 11) is 1.83. The molecule has 96 valence electrons. The van der Waals surface area contributed by atoms with E-state index in [0.29, 0.717) is 0 Å². The van der Waals surface area contributed by atoms with Crippen LogP contribution in [0.25, 0.3) is 11.1 Å². The zero-order chi connectivity index (χ0) is 13.5. The fourth-order valence-corrected chi connectivity index (χ4v) is 1.99. The van der Waals surface area contributed by atoms with E-state index in [0.717, 1.165) is 17.7 Å². The molecule has 0 aliphatic carbocycles. The number of rotatable bonds is 4. The van der Waals surface area contributed by atoms with Crippen molar-refractivity contribution in [2.24, 2.45) is 4.99 Å². The van der Waals surface area contributed by atoms with E-state index in [4.69, 9.17) is 0 Å². The van der Waals surface area contributed by atoms with Crippen molar-refractivity contribution < 1.29 is 0 Å². The second kappa shape index (κ2) is 6.69. The van der Waals surface area contributed by atoms with Crippen LogP contribution in [0.2, 0.25) is 0 Å². The summed E-state index contributed by atoms with van der Waals surface area (Å²) in [5.41, 5.74) is 4.67. The minimum absolute atomic E-state index is 1.03.